The van der Waals surface area contributed by atoms with Crippen molar-refractivity contribution in [1.29, 1.82) is 0 Å². The number of allylic oxidation sites excluding steroid dienone is 2. The molecule has 0 amide bonds. The molecule has 27 heavy (non-hydrogen) atoms. The molecule has 1 aliphatic rings. The Morgan fingerprint density at radius 1 is 1.07 bits per heavy atom. The van der Waals surface area contributed by atoms with E-state index in [4.69, 9.17) is 4.74 Å². The fraction of sp³-hybridized carbons (Fsp3) is 0.478. The van der Waals surface area contributed by atoms with Crippen molar-refractivity contribution in [3.05, 3.63) is 53.9 Å². The van der Waals surface area contributed by atoms with Crippen LogP contribution in [0.1, 0.15) is 51.5 Å². The Morgan fingerprint density at radius 3 is 2.48 bits per heavy atom. The van der Waals surface area contributed by atoms with Crippen molar-refractivity contribution in [2.24, 2.45) is 11.8 Å². The van der Waals surface area contributed by atoms with Crippen LogP contribution in [0.15, 0.2) is 42.5 Å². The van der Waals surface area contributed by atoms with E-state index in [0.717, 1.165) is 18.4 Å². The molecule has 0 N–H and O–H groups in total. The van der Waals surface area contributed by atoms with Crippen molar-refractivity contribution in [3.63, 3.8) is 0 Å². The van der Waals surface area contributed by atoms with Gasteiger partial charge in [-0.3, -0.25) is 0 Å². The SMILES string of the molecule is C/C=C/C1CCC(C(F)(F)Oc2cc3ccc(CCC)cc3cc2F)CC1. The smallest absolute Gasteiger partial charge is 0.400 e. The molecule has 0 aromatic heterocycles. The topological polar surface area (TPSA) is 9.23 Å². The van der Waals surface area contributed by atoms with E-state index in [-0.39, 0.29) is 5.75 Å². The van der Waals surface area contributed by atoms with Crippen molar-refractivity contribution in [2.75, 3.05) is 0 Å². The van der Waals surface area contributed by atoms with Crippen LogP contribution in [0.2, 0.25) is 0 Å². The van der Waals surface area contributed by atoms with Gasteiger partial charge in [0.1, 0.15) is 0 Å². The number of hydrogen-bond donors (Lipinski definition) is 0. The Hall–Kier alpha value is -1.97. The van der Waals surface area contributed by atoms with Gasteiger partial charge in [0.05, 0.1) is 5.92 Å². The molecular weight excluding hydrogens is 349 g/mol. The molecule has 1 aliphatic carbocycles. The molecule has 0 bridgehead atoms. The molecule has 0 unspecified atom stereocenters. The quantitative estimate of drug-likeness (QED) is 0.481. The van der Waals surface area contributed by atoms with Gasteiger partial charge in [0.25, 0.3) is 0 Å². The number of aryl methyl sites for hydroxylation is 1. The lowest BCUT2D eigenvalue weighted by Crippen LogP contribution is -2.37. The Balaban J connectivity index is 1.76. The highest BCUT2D eigenvalue weighted by atomic mass is 19.3. The van der Waals surface area contributed by atoms with E-state index < -0.39 is 17.8 Å². The van der Waals surface area contributed by atoms with E-state index in [9.17, 15) is 13.2 Å². The minimum absolute atomic E-state index is 0.358. The van der Waals surface area contributed by atoms with Crippen LogP contribution in [0.3, 0.4) is 0 Å². The molecule has 4 heteroatoms. The minimum atomic E-state index is -3.36. The van der Waals surface area contributed by atoms with Crippen molar-refractivity contribution < 1.29 is 17.9 Å². The summed E-state index contributed by atoms with van der Waals surface area (Å²) in [6.07, 6.45) is 4.79. The van der Waals surface area contributed by atoms with E-state index >= 15 is 0 Å². The third-order valence-corrected chi connectivity index (χ3v) is 5.45. The van der Waals surface area contributed by atoms with Crippen LogP contribution in [0, 0.1) is 17.7 Å². The molecule has 146 valence electrons. The van der Waals surface area contributed by atoms with Gasteiger partial charge in [-0.25, -0.2) is 4.39 Å². The summed E-state index contributed by atoms with van der Waals surface area (Å²) < 4.78 is 48.6. The molecule has 0 radical (unpaired) electrons. The maximum atomic E-state index is 14.6. The first-order chi connectivity index (χ1) is 12.9. The molecule has 0 aliphatic heterocycles. The number of benzene rings is 2. The molecule has 0 saturated heterocycles. The Bertz CT molecular complexity index is 805. The third kappa shape index (κ3) is 4.66. The maximum absolute atomic E-state index is 14.6. The molecule has 0 spiro atoms. The van der Waals surface area contributed by atoms with Gasteiger partial charge in [-0.05, 0) is 73.4 Å². The lowest BCUT2D eigenvalue weighted by atomic mass is 9.81. The van der Waals surface area contributed by atoms with E-state index in [1.807, 2.05) is 31.2 Å². The Morgan fingerprint density at radius 2 is 1.81 bits per heavy atom. The summed E-state index contributed by atoms with van der Waals surface area (Å²) in [4.78, 5) is 0. The lowest BCUT2D eigenvalue weighted by molar-refractivity contribution is -0.224. The Labute approximate surface area is 159 Å². The molecule has 3 rings (SSSR count). The summed E-state index contributed by atoms with van der Waals surface area (Å²) >= 11 is 0. The predicted molar refractivity (Wildman–Crippen MR) is 104 cm³/mol. The monoisotopic (exact) mass is 376 g/mol. The fourth-order valence-electron chi connectivity index (χ4n) is 3.97. The first-order valence-electron chi connectivity index (χ1n) is 9.84. The molecule has 0 heterocycles. The van der Waals surface area contributed by atoms with Crippen molar-refractivity contribution in [1.82, 2.24) is 0 Å². The second-order valence-electron chi connectivity index (χ2n) is 7.52. The zero-order valence-electron chi connectivity index (χ0n) is 16.0. The fourth-order valence-corrected chi connectivity index (χ4v) is 3.97. The molecular formula is C23H27F3O. The number of fused-ring (bicyclic) bond motifs is 1. The molecule has 1 saturated carbocycles. The maximum Gasteiger partial charge on any atom is 0.400 e. The van der Waals surface area contributed by atoms with Gasteiger partial charge in [0, 0.05) is 0 Å². The van der Waals surface area contributed by atoms with E-state index in [1.165, 1.54) is 12.1 Å². The second-order valence-corrected chi connectivity index (χ2v) is 7.52. The van der Waals surface area contributed by atoms with Crippen LogP contribution in [-0.4, -0.2) is 6.11 Å². The number of hydrogen-bond acceptors (Lipinski definition) is 1. The zero-order valence-corrected chi connectivity index (χ0v) is 16.0. The van der Waals surface area contributed by atoms with Gasteiger partial charge < -0.3 is 4.74 Å². The minimum Gasteiger partial charge on any atom is -0.429 e. The summed E-state index contributed by atoms with van der Waals surface area (Å²) in [5.74, 6) is -1.62. The van der Waals surface area contributed by atoms with Gasteiger partial charge in [-0.1, -0.05) is 43.7 Å². The van der Waals surface area contributed by atoms with E-state index in [1.54, 1.807) is 0 Å². The molecule has 2 aromatic carbocycles. The highest BCUT2D eigenvalue weighted by molar-refractivity contribution is 5.84. The van der Waals surface area contributed by atoms with Gasteiger partial charge in [0.15, 0.2) is 11.6 Å². The number of alkyl halides is 2. The summed E-state index contributed by atoms with van der Waals surface area (Å²) in [5, 5.41) is 1.42. The Kier molecular flexibility index (Phi) is 6.13. The summed E-state index contributed by atoms with van der Waals surface area (Å²) in [5.41, 5.74) is 1.11. The highest BCUT2D eigenvalue weighted by Gasteiger charge is 2.44. The summed E-state index contributed by atoms with van der Waals surface area (Å²) in [6.45, 7) is 4.02. The standard InChI is InChI=1S/C23H27F3O/c1-3-5-16-8-11-20(12-9-16)23(25,26)27-22-15-18-10-7-17(6-4-2)13-19(18)14-21(22)24/h3,5,7,10,13-16,20H,4,6,8-9,11-12H2,1-2H3/b5-3+. The van der Waals surface area contributed by atoms with E-state index in [0.29, 0.717) is 42.4 Å². The zero-order chi connectivity index (χ0) is 19.4. The highest BCUT2D eigenvalue weighted by Crippen LogP contribution is 2.41. The molecule has 1 nitrogen and oxygen atoms in total. The number of rotatable bonds is 6. The van der Waals surface area contributed by atoms with Crippen LogP contribution in [0.25, 0.3) is 10.8 Å². The van der Waals surface area contributed by atoms with Crippen molar-refractivity contribution in [3.8, 4) is 5.75 Å². The van der Waals surface area contributed by atoms with E-state index in [2.05, 4.69) is 13.0 Å². The van der Waals surface area contributed by atoms with Crippen LogP contribution < -0.4 is 4.74 Å². The number of ether oxygens (including phenoxy) is 1. The molecule has 1 fully saturated rings. The van der Waals surface area contributed by atoms with Crippen LogP contribution >= 0.6 is 0 Å². The molecule has 0 atom stereocenters. The first-order valence-corrected chi connectivity index (χ1v) is 9.84. The van der Waals surface area contributed by atoms with Gasteiger partial charge in [0.2, 0.25) is 0 Å². The predicted octanol–water partition coefficient (Wildman–Crippen LogP) is 7.29. The average molecular weight is 376 g/mol. The first kappa shape index (κ1) is 19.8. The van der Waals surface area contributed by atoms with Crippen LogP contribution in [0.5, 0.6) is 5.75 Å². The normalized spacial score (nSPS) is 21.1. The largest absolute Gasteiger partial charge is 0.429 e. The lowest BCUT2D eigenvalue weighted by Gasteiger charge is -2.32. The summed E-state index contributed by atoms with van der Waals surface area (Å²) in [6, 6.07) is 8.39. The van der Waals surface area contributed by atoms with Crippen molar-refractivity contribution in [2.45, 2.75) is 58.5 Å². The van der Waals surface area contributed by atoms with Gasteiger partial charge >= 0.3 is 6.11 Å². The van der Waals surface area contributed by atoms with Gasteiger partial charge in [-0.15, -0.1) is 0 Å². The van der Waals surface area contributed by atoms with Crippen LogP contribution in [-0.2, 0) is 6.42 Å². The number of halogens is 3. The second kappa shape index (κ2) is 8.37. The average Bonchev–Trinajstić information content (AvgIpc) is 2.63. The van der Waals surface area contributed by atoms with Crippen molar-refractivity contribution >= 4 is 10.8 Å². The molecule has 2 aromatic rings. The third-order valence-electron chi connectivity index (χ3n) is 5.45. The van der Waals surface area contributed by atoms with Crippen LogP contribution in [0.4, 0.5) is 13.2 Å². The summed E-state index contributed by atoms with van der Waals surface area (Å²) in [7, 11) is 0. The van der Waals surface area contributed by atoms with Gasteiger partial charge in [-0.2, -0.15) is 8.78 Å².